The summed E-state index contributed by atoms with van der Waals surface area (Å²) in [5.41, 5.74) is 2.17. The second-order valence-electron chi connectivity index (χ2n) is 8.72. The number of carbonyl (C=O) groups excluding carboxylic acids is 2. The van der Waals surface area contributed by atoms with Gasteiger partial charge in [0.2, 0.25) is 5.91 Å². The van der Waals surface area contributed by atoms with Gasteiger partial charge in [-0.3, -0.25) is 19.8 Å². The molecule has 3 fully saturated rings. The van der Waals surface area contributed by atoms with E-state index in [-0.39, 0.29) is 18.1 Å². The Kier molecular flexibility index (Phi) is 4.99. The number of nitrogens with zero attached hydrogens (tertiary/aromatic N) is 3. The molecule has 0 radical (unpaired) electrons. The van der Waals surface area contributed by atoms with E-state index in [0.29, 0.717) is 32.6 Å². The fourth-order valence-corrected chi connectivity index (χ4v) is 4.78. The molecule has 2 aliphatic heterocycles. The van der Waals surface area contributed by atoms with Crippen molar-refractivity contribution in [3.8, 4) is 0 Å². The highest BCUT2D eigenvalue weighted by atomic mass is 19.1. The monoisotopic (exact) mass is 413 g/mol. The minimum atomic E-state index is -1.47. The number of carbonyl (C=O) groups is 2. The Balaban J connectivity index is 1.19. The van der Waals surface area contributed by atoms with Gasteiger partial charge in [-0.15, -0.1) is 0 Å². The van der Waals surface area contributed by atoms with Crippen molar-refractivity contribution in [1.82, 2.24) is 25.0 Å². The maximum atomic E-state index is 14.2. The summed E-state index contributed by atoms with van der Waals surface area (Å²) in [7, 11) is 2.00. The zero-order chi connectivity index (χ0) is 20.8. The summed E-state index contributed by atoms with van der Waals surface area (Å²) in [6, 6.07) is 7.73. The molecule has 3 unspecified atom stereocenters. The van der Waals surface area contributed by atoms with Crippen molar-refractivity contribution < 1.29 is 14.0 Å². The summed E-state index contributed by atoms with van der Waals surface area (Å²) in [5, 5.41) is 7.15. The highest BCUT2D eigenvalue weighted by molar-refractivity contribution is 5.89. The van der Waals surface area contributed by atoms with Gasteiger partial charge in [0.1, 0.15) is 6.29 Å². The second kappa shape index (κ2) is 7.67. The quantitative estimate of drug-likeness (QED) is 0.784. The van der Waals surface area contributed by atoms with Gasteiger partial charge in [0.05, 0.1) is 12.5 Å². The molecule has 0 bridgehead atoms. The van der Waals surface area contributed by atoms with Gasteiger partial charge < -0.3 is 14.8 Å². The molecule has 0 spiro atoms. The van der Waals surface area contributed by atoms with E-state index >= 15 is 0 Å². The van der Waals surface area contributed by atoms with Crippen LogP contribution in [0.15, 0.2) is 30.5 Å². The van der Waals surface area contributed by atoms with Crippen LogP contribution in [0.4, 0.5) is 4.39 Å². The molecular formula is C22H28FN5O2. The SMILES string of the molecule is Cn1cc(CC(=O)N2CCN(C3NC(=O)C(F)C(C4CC4)N3)CC2)c2ccccc21. The number of para-hydroxylation sites is 1. The van der Waals surface area contributed by atoms with Gasteiger partial charge in [0, 0.05) is 50.3 Å². The van der Waals surface area contributed by atoms with Gasteiger partial charge in [0.25, 0.3) is 5.91 Å². The first-order valence-electron chi connectivity index (χ1n) is 10.8. The Labute approximate surface area is 175 Å². The number of fused-ring (bicyclic) bond motifs is 1. The topological polar surface area (TPSA) is 69.6 Å². The molecule has 1 aromatic heterocycles. The van der Waals surface area contributed by atoms with E-state index in [4.69, 9.17) is 0 Å². The lowest BCUT2D eigenvalue weighted by molar-refractivity contribution is -0.138. The third kappa shape index (κ3) is 3.58. The van der Waals surface area contributed by atoms with Crippen LogP contribution in [0.3, 0.4) is 0 Å². The molecule has 1 saturated carbocycles. The van der Waals surface area contributed by atoms with Gasteiger partial charge in [-0.25, -0.2) is 4.39 Å². The Hall–Kier alpha value is -2.45. The van der Waals surface area contributed by atoms with E-state index in [1.54, 1.807) is 0 Å². The predicted molar refractivity (Wildman–Crippen MR) is 111 cm³/mol. The Morgan fingerprint density at radius 1 is 1.17 bits per heavy atom. The van der Waals surface area contributed by atoms with Crippen LogP contribution < -0.4 is 10.6 Å². The standard InChI is InChI=1S/C22H28FN5O2/c1-26-13-15(16-4-2-3-5-17(16)26)12-18(29)27-8-10-28(11-9-27)22-24-20(14-6-7-14)19(23)21(30)25-22/h2-5,13-14,19-20,22,24H,6-12H2,1H3,(H,25,30). The summed E-state index contributed by atoms with van der Waals surface area (Å²) in [4.78, 5) is 29.0. The van der Waals surface area contributed by atoms with E-state index in [1.165, 1.54) is 0 Å². The van der Waals surface area contributed by atoms with Crippen molar-refractivity contribution in [1.29, 1.82) is 0 Å². The van der Waals surface area contributed by atoms with Gasteiger partial charge in [-0.05, 0) is 30.4 Å². The summed E-state index contributed by atoms with van der Waals surface area (Å²) in [5.74, 6) is -0.145. The summed E-state index contributed by atoms with van der Waals surface area (Å²) >= 11 is 0. The maximum absolute atomic E-state index is 14.2. The molecule has 2 amide bonds. The van der Waals surface area contributed by atoms with Gasteiger partial charge >= 0.3 is 0 Å². The number of amides is 2. The van der Waals surface area contributed by atoms with Crippen LogP contribution in [-0.2, 0) is 23.1 Å². The lowest BCUT2D eigenvalue weighted by atomic mass is 10.0. The van der Waals surface area contributed by atoms with E-state index in [0.717, 1.165) is 29.3 Å². The molecule has 2 N–H and O–H groups in total. The van der Waals surface area contributed by atoms with Crippen LogP contribution in [0.1, 0.15) is 18.4 Å². The largest absolute Gasteiger partial charge is 0.350 e. The summed E-state index contributed by atoms with van der Waals surface area (Å²) < 4.78 is 16.3. The third-order valence-corrected chi connectivity index (χ3v) is 6.68. The molecule has 3 atom stereocenters. The number of halogens is 1. The maximum Gasteiger partial charge on any atom is 0.258 e. The van der Waals surface area contributed by atoms with Gasteiger partial charge in [-0.2, -0.15) is 0 Å². The van der Waals surface area contributed by atoms with Crippen molar-refractivity contribution in [3.63, 3.8) is 0 Å². The molecular weight excluding hydrogens is 385 g/mol. The third-order valence-electron chi connectivity index (χ3n) is 6.68. The van der Waals surface area contributed by atoms with Crippen LogP contribution in [0.5, 0.6) is 0 Å². The van der Waals surface area contributed by atoms with E-state index in [1.807, 2.05) is 30.3 Å². The number of alkyl halides is 1. The first-order chi connectivity index (χ1) is 14.5. The van der Waals surface area contributed by atoms with Gasteiger partial charge in [0.15, 0.2) is 6.17 Å². The molecule has 5 rings (SSSR count). The Morgan fingerprint density at radius 2 is 1.90 bits per heavy atom. The van der Waals surface area contributed by atoms with Crippen molar-refractivity contribution in [3.05, 3.63) is 36.0 Å². The average Bonchev–Trinajstić information content (AvgIpc) is 3.55. The number of hydrogen-bond donors (Lipinski definition) is 2. The Bertz CT molecular complexity index is 964. The lowest BCUT2D eigenvalue weighted by Crippen LogP contribution is -2.70. The number of piperazine rings is 1. The number of nitrogens with one attached hydrogen (secondary N) is 2. The molecule has 160 valence electrons. The minimum absolute atomic E-state index is 0.117. The normalized spacial score (nSPS) is 28.0. The highest BCUT2D eigenvalue weighted by Gasteiger charge is 2.46. The molecule has 1 aromatic carbocycles. The second-order valence-corrected chi connectivity index (χ2v) is 8.72. The van der Waals surface area contributed by atoms with E-state index in [9.17, 15) is 14.0 Å². The van der Waals surface area contributed by atoms with Crippen molar-refractivity contribution in [2.45, 2.75) is 37.8 Å². The smallest absolute Gasteiger partial charge is 0.258 e. The number of aryl methyl sites for hydroxylation is 1. The van der Waals surface area contributed by atoms with E-state index < -0.39 is 18.1 Å². The molecule has 8 heteroatoms. The molecule has 1 aliphatic carbocycles. The minimum Gasteiger partial charge on any atom is -0.350 e. The van der Waals surface area contributed by atoms with Crippen LogP contribution in [-0.4, -0.2) is 70.9 Å². The number of benzene rings is 1. The van der Waals surface area contributed by atoms with Crippen LogP contribution in [0.25, 0.3) is 10.9 Å². The first kappa shape index (κ1) is 19.5. The average molecular weight is 413 g/mol. The molecule has 3 heterocycles. The van der Waals surface area contributed by atoms with E-state index in [2.05, 4.69) is 32.2 Å². The molecule has 2 saturated heterocycles. The number of aromatic nitrogens is 1. The molecule has 2 aromatic rings. The van der Waals surface area contributed by atoms with Crippen LogP contribution in [0.2, 0.25) is 0 Å². The predicted octanol–water partition coefficient (Wildman–Crippen LogP) is 0.985. The number of hydrogen-bond acceptors (Lipinski definition) is 4. The highest BCUT2D eigenvalue weighted by Crippen LogP contribution is 2.36. The Morgan fingerprint density at radius 3 is 2.63 bits per heavy atom. The molecule has 3 aliphatic rings. The lowest BCUT2D eigenvalue weighted by Gasteiger charge is -2.43. The number of rotatable bonds is 4. The van der Waals surface area contributed by atoms with Crippen molar-refractivity contribution in [2.24, 2.45) is 13.0 Å². The zero-order valence-corrected chi connectivity index (χ0v) is 17.2. The zero-order valence-electron chi connectivity index (χ0n) is 17.2. The van der Waals surface area contributed by atoms with Crippen LogP contribution >= 0.6 is 0 Å². The van der Waals surface area contributed by atoms with Crippen LogP contribution in [0, 0.1) is 5.92 Å². The fourth-order valence-electron chi connectivity index (χ4n) is 4.78. The molecule has 7 nitrogen and oxygen atoms in total. The molecule has 30 heavy (non-hydrogen) atoms. The summed E-state index contributed by atoms with van der Waals surface area (Å²) in [6.45, 7) is 2.50. The summed E-state index contributed by atoms with van der Waals surface area (Å²) in [6.07, 6.45) is 2.55. The van der Waals surface area contributed by atoms with Gasteiger partial charge in [-0.1, -0.05) is 18.2 Å². The fraction of sp³-hybridized carbons (Fsp3) is 0.545. The first-order valence-corrected chi connectivity index (χ1v) is 10.8. The van der Waals surface area contributed by atoms with Crippen molar-refractivity contribution >= 4 is 22.7 Å². The van der Waals surface area contributed by atoms with Crippen molar-refractivity contribution in [2.75, 3.05) is 26.2 Å².